The van der Waals surface area contributed by atoms with Gasteiger partial charge >= 0.3 is 0 Å². The summed E-state index contributed by atoms with van der Waals surface area (Å²) in [6.45, 7) is 1.70. The maximum absolute atomic E-state index is 8.67. The minimum absolute atomic E-state index is 0.176. The zero-order valence-electron chi connectivity index (χ0n) is 10.0. The van der Waals surface area contributed by atoms with Crippen LogP contribution in [0.3, 0.4) is 0 Å². The molecule has 2 rings (SSSR count). The van der Waals surface area contributed by atoms with Crippen molar-refractivity contribution in [2.45, 2.75) is 6.92 Å². The van der Waals surface area contributed by atoms with Crippen LogP contribution in [-0.4, -0.2) is 21.7 Å². The second-order valence-electron chi connectivity index (χ2n) is 3.67. The van der Waals surface area contributed by atoms with Crippen molar-refractivity contribution in [3.8, 4) is 11.8 Å². The van der Waals surface area contributed by atoms with Gasteiger partial charge in [-0.3, -0.25) is 0 Å². The minimum Gasteiger partial charge on any atom is -0.384 e. The Kier molecular flexibility index (Phi) is 3.90. The van der Waals surface area contributed by atoms with Gasteiger partial charge in [-0.1, -0.05) is 24.1 Å². The lowest BCUT2D eigenvalue weighted by Gasteiger charge is -2.05. The first-order valence-corrected chi connectivity index (χ1v) is 5.55. The predicted molar refractivity (Wildman–Crippen MR) is 70.5 cm³/mol. The summed E-state index contributed by atoms with van der Waals surface area (Å²) in [4.78, 5) is 8.54. The lowest BCUT2D eigenvalue weighted by Crippen LogP contribution is -2.00. The van der Waals surface area contributed by atoms with Gasteiger partial charge < -0.3 is 10.4 Å². The Morgan fingerprint density at radius 3 is 2.72 bits per heavy atom. The Hall–Kier alpha value is -2.38. The molecule has 0 amide bonds. The van der Waals surface area contributed by atoms with E-state index in [2.05, 4.69) is 27.1 Å². The third-order valence-electron chi connectivity index (χ3n) is 2.18. The van der Waals surface area contributed by atoms with E-state index in [1.807, 2.05) is 37.3 Å². The number of para-hydroxylation sites is 1. The number of anilines is 2. The van der Waals surface area contributed by atoms with Gasteiger partial charge in [-0.25, -0.2) is 9.97 Å². The summed E-state index contributed by atoms with van der Waals surface area (Å²) in [6.07, 6.45) is 0. The van der Waals surface area contributed by atoms with Crippen molar-refractivity contribution in [3.63, 3.8) is 0 Å². The summed E-state index contributed by atoms with van der Waals surface area (Å²) in [6, 6.07) is 11.5. The standard InChI is InChI=1S/C14H13N3O/c1-11-10-13(8-5-9-18)17-14(15-11)16-12-6-3-2-4-7-12/h2-4,6-7,10,18H,9H2,1H3,(H,15,16,17). The molecule has 0 unspecified atom stereocenters. The number of nitrogens with one attached hydrogen (secondary N) is 1. The molecule has 0 spiro atoms. The fourth-order valence-electron chi connectivity index (χ4n) is 1.47. The lowest BCUT2D eigenvalue weighted by atomic mass is 10.3. The van der Waals surface area contributed by atoms with Gasteiger partial charge in [-0.15, -0.1) is 0 Å². The average Bonchev–Trinajstić information content (AvgIpc) is 2.37. The number of aryl methyl sites for hydroxylation is 1. The molecule has 4 nitrogen and oxygen atoms in total. The molecule has 1 aromatic carbocycles. The smallest absolute Gasteiger partial charge is 0.228 e. The van der Waals surface area contributed by atoms with Gasteiger partial charge in [0.25, 0.3) is 0 Å². The lowest BCUT2D eigenvalue weighted by molar-refractivity contribution is 0.350. The highest BCUT2D eigenvalue weighted by Crippen LogP contribution is 2.12. The van der Waals surface area contributed by atoms with Crippen LogP contribution < -0.4 is 5.32 Å². The number of hydrogen-bond acceptors (Lipinski definition) is 4. The summed E-state index contributed by atoms with van der Waals surface area (Å²) >= 11 is 0. The molecule has 0 saturated carbocycles. The number of aromatic nitrogens is 2. The molecule has 0 aliphatic heterocycles. The first-order valence-electron chi connectivity index (χ1n) is 5.55. The molecule has 4 heteroatoms. The second-order valence-corrected chi connectivity index (χ2v) is 3.67. The topological polar surface area (TPSA) is 58.0 Å². The van der Waals surface area contributed by atoms with Gasteiger partial charge in [0.15, 0.2) is 0 Å². The van der Waals surface area contributed by atoms with E-state index >= 15 is 0 Å². The maximum atomic E-state index is 8.67. The number of hydrogen-bond donors (Lipinski definition) is 2. The van der Waals surface area contributed by atoms with Crippen molar-refractivity contribution in [3.05, 3.63) is 47.8 Å². The van der Waals surface area contributed by atoms with Crippen LogP contribution in [0, 0.1) is 18.8 Å². The van der Waals surface area contributed by atoms with Crippen LogP contribution in [0.1, 0.15) is 11.4 Å². The number of nitrogens with zero attached hydrogens (tertiary/aromatic N) is 2. The minimum atomic E-state index is -0.176. The molecule has 0 fully saturated rings. The van der Waals surface area contributed by atoms with Crippen LogP contribution in [0.15, 0.2) is 36.4 Å². The zero-order valence-corrected chi connectivity index (χ0v) is 10.0. The third-order valence-corrected chi connectivity index (χ3v) is 2.18. The number of aliphatic hydroxyl groups is 1. The largest absolute Gasteiger partial charge is 0.384 e. The van der Waals surface area contributed by atoms with E-state index in [0.29, 0.717) is 11.6 Å². The van der Waals surface area contributed by atoms with E-state index in [1.165, 1.54) is 0 Å². The Labute approximate surface area is 106 Å². The Morgan fingerprint density at radius 1 is 1.22 bits per heavy atom. The van der Waals surface area contributed by atoms with Gasteiger partial charge in [0.1, 0.15) is 12.3 Å². The average molecular weight is 239 g/mol. The Morgan fingerprint density at radius 2 is 2.00 bits per heavy atom. The zero-order chi connectivity index (χ0) is 12.8. The van der Waals surface area contributed by atoms with Crippen molar-refractivity contribution in [1.82, 2.24) is 9.97 Å². The third kappa shape index (κ3) is 3.30. The number of aliphatic hydroxyl groups excluding tert-OH is 1. The van der Waals surface area contributed by atoms with Crippen LogP contribution in [0.4, 0.5) is 11.6 Å². The fraction of sp³-hybridized carbons (Fsp3) is 0.143. The first-order chi connectivity index (χ1) is 8.78. The molecular formula is C14H13N3O. The summed E-state index contributed by atoms with van der Waals surface area (Å²) in [5.41, 5.74) is 2.34. The second kappa shape index (κ2) is 5.80. The maximum Gasteiger partial charge on any atom is 0.228 e. The van der Waals surface area contributed by atoms with E-state index in [9.17, 15) is 0 Å². The van der Waals surface area contributed by atoms with Gasteiger partial charge in [0, 0.05) is 11.4 Å². The quantitative estimate of drug-likeness (QED) is 0.785. The molecule has 0 aliphatic rings. The summed E-state index contributed by atoms with van der Waals surface area (Å²) in [5.74, 6) is 5.84. The van der Waals surface area contributed by atoms with Crippen LogP contribution in [-0.2, 0) is 0 Å². The van der Waals surface area contributed by atoms with Crippen molar-refractivity contribution in [2.24, 2.45) is 0 Å². The highest BCUT2D eigenvalue weighted by molar-refractivity contribution is 5.53. The monoisotopic (exact) mass is 239 g/mol. The van der Waals surface area contributed by atoms with Gasteiger partial charge in [0.05, 0.1) is 0 Å². The molecule has 0 atom stereocenters. The van der Waals surface area contributed by atoms with Gasteiger partial charge in [-0.05, 0) is 31.0 Å². The molecule has 0 bridgehead atoms. The van der Waals surface area contributed by atoms with Gasteiger partial charge in [-0.2, -0.15) is 0 Å². The molecule has 0 aliphatic carbocycles. The molecule has 2 aromatic rings. The van der Waals surface area contributed by atoms with E-state index < -0.39 is 0 Å². The molecule has 0 radical (unpaired) electrons. The highest BCUT2D eigenvalue weighted by atomic mass is 16.2. The SMILES string of the molecule is Cc1cc(C#CCO)nc(Nc2ccccc2)n1. The number of rotatable bonds is 2. The Bertz CT molecular complexity index is 585. The van der Waals surface area contributed by atoms with Crippen LogP contribution >= 0.6 is 0 Å². The van der Waals surface area contributed by atoms with Crippen LogP contribution in [0.25, 0.3) is 0 Å². The molecule has 1 aromatic heterocycles. The molecule has 2 N–H and O–H groups in total. The van der Waals surface area contributed by atoms with E-state index in [-0.39, 0.29) is 6.61 Å². The summed E-state index contributed by atoms with van der Waals surface area (Å²) in [7, 11) is 0. The summed E-state index contributed by atoms with van der Waals surface area (Å²) < 4.78 is 0. The molecular weight excluding hydrogens is 226 g/mol. The van der Waals surface area contributed by atoms with Crippen molar-refractivity contribution in [2.75, 3.05) is 11.9 Å². The predicted octanol–water partition coefficient (Wildman–Crippen LogP) is 1.87. The molecule has 90 valence electrons. The van der Waals surface area contributed by atoms with Crippen LogP contribution in [0.5, 0.6) is 0 Å². The van der Waals surface area contributed by atoms with Crippen molar-refractivity contribution in [1.29, 1.82) is 0 Å². The Balaban J connectivity index is 2.26. The van der Waals surface area contributed by atoms with Crippen LogP contribution in [0.2, 0.25) is 0 Å². The molecule has 1 heterocycles. The summed E-state index contributed by atoms with van der Waals surface area (Å²) in [5, 5.41) is 11.8. The normalized spacial score (nSPS) is 9.44. The van der Waals surface area contributed by atoms with Crippen molar-refractivity contribution >= 4 is 11.6 Å². The molecule has 18 heavy (non-hydrogen) atoms. The first kappa shape index (κ1) is 12.1. The van der Waals surface area contributed by atoms with E-state index in [4.69, 9.17) is 5.11 Å². The van der Waals surface area contributed by atoms with E-state index in [0.717, 1.165) is 11.4 Å². The van der Waals surface area contributed by atoms with Crippen molar-refractivity contribution < 1.29 is 5.11 Å². The fourth-order valence-corrected chi connectivity index (χ4v) is 1.47. The van der Waals surface area contributed by atoms with Gasteiger partial charge in [0.2, 0.25) is 5.95 Å². The van der Waals surface area contributed by atoms with E-state index in [1.54, 1.807) is 6.07 Å². The molecule has 0 saturated heterocycles. The highest BCUT2D eigenvalue weighted by Gasteiger charge is 2.00. The number of benzene rings is 1.